The Hall–Kier alpha value is -2.31. The number of allylic oxidation sites excluding steroid dienone is 1. The summed E-state index contributed by atoms with van der Waals surface area (Å²) in [5.41, 5.74) is 1.64. The molecule has 0 atom stereocenters. The smallest absolute Gasteiger partial charge is 0.145 e. The van der Waals surface area contributed by atoms with E-state index >= 15 is 0 Å². The molecule has 0 aliphatic carbocycles. The fourth-order valence-electron chi connectivity index (χ4n) is 1.31. The molecule has 0 radical (unpaired) electrons. The quantitative estimate of drug-likeness (QED) is 0.831. The van der Waals surface area contributed by atoms with Gasteiger partial charge in [-0.15, -0.1) is 0 Å². The zero-order valence-electron chi connectivity index (χ0n) is 8.53. The second-order valence-corrected chi connectivity index (χ2v) is 4.07. The summed E-state index contributed by atoms with van der Waals surface area (Å²) in [6.45, 7) is 0. The van der Waals surface area contributed by atoms with Gasteiger partial charge >= 0.3 is 0 Å². The molecule has 2 N–H and O–H groups in total. The van der Waals surface area contributed by atoms with Crippen molar-refractivity contribution >= 4 is 32.5 Å². The number of aromatic amines is 1. The first-order chi connectivity index (χ1) is 8.24. The summed E-state index contributed by atoms with van der Waals surface area (Å²) in [7, 11) is 0. The van der Waals surface area contributed by atoms with Crippen molar-refractivity contribution in [1.29, 1.82) is 10.5 Å². The first kappa shape index (κ1) is 11.2. The lowest BCUT2D eigenvalue weighted by molar-refractivity contribution is 1.12. The third kappa shape index (κ3) is 2.27. The normalized spacial score (nSPS) is 9.35. The number of anilines is 1. The number of hydrogen-bond acceptors (Lipinski definition) is 4. The van der Waals surface area contributed by atoms with Gasteiger partial charge in [0.25, 0.3) is 0 Å². The molecule has 17 heavy (non-hydrogen) atoms. The third-order valence-electron chi connectivity index (χ3n) is 2.14. The summed E-state index contributed by atoms with van der Waals surface area (Å²) in [4.78, 5) is 0. The van der Waals surface area contributed by atoms with Crippen LogP contribution in [0.25, 0.3) is 10.9 Å². The summed E-state index contributed by atoms with van der Waals surface area (Å²) in [6.07, 6.45) is 3.08. The lowest BCUT2D eigenvalue weighted by atomic mass is 10.2. The second-order valence-electron chi connectivity index (χ2n) is 3.22. The number of halogens is 1. The van der Waals surface area contributed by atoms with Crippen molar-refractivity contribution in [2.45, 2.75) is 0 Å². The average molecular weight is 288 g/mol. The number of nitriles is 2. The van der Waals surface area contributed by atoms with Gasteiger partial charge in [0.2, 0.25) is 0 Å². The van der Waals surface area contributed by atoms with Crippen LogP contribution in [0.2, 0.25) is 0 Å². The standard InChI is InChI=1S/C11H6BrN5/c12-9-1-8-6-16-17-10(8)2-11(9)15-5-7(3-13)4-14/h1-2,5-6,15H,(H,16,17). The van der Waals surface area contributed by atoms with Crippen LogP contribution in [0.3, 0.4) is 0 Å². The summed E-state index contributed by atoms with van der Waals surface area (Å²) in [6, 6.07) is 7.29. The van der Waals surface area contributed by atoms with E-state index in [0.717, 1.165) is 21.1 Å². The summed E-state index contributed by atoms with van der Waals surface area (Å²) in [5.74, 6) is 0. The Bertz CT molecular complexity index is 655. The van der Waals surface area contributed by atoms with Crippen LogP contribution < -0.4 is 5.32 Å². The third-order valence-corrected chi connectivity index (χ3v) is 2.80. The molecule has 0 amide bonds. The largest absolute Gasteiger partial charge is 0.359 e. The molecule has 0 bridgehead atoms. The first-order valence-corrected chi connectivity index (χ1v) is 5.43. The van der Waals surface area contributed by atoms with Crippen LogP contribution in [0, 0.1) is 22.7 Å². The Morgan fingerprint density at radius 3 is 2.88 bits per heavy atom. The molecule has 0 saturated heterocycles. The maximum atomic E-state index is 8.60. The van der Waals surface area contributed by atoms with E-state index < -0.39 is 0 Å². The van der Waals surface area contributed by atoms with E-state index in [1.54, 1.807) is 18.3 Å². The van der Waals surface area contributed by atoms with Crippen LogP contribution in [-0.4, -0.2) is 10.2 Å². The highest BCUT2D eigenvalue weighted by Crippen LogP contribution is 2.27. The highest BCUT2D eigenvalue weighted by atomic mass is 79.9. The van der Waals surface area contributed by atoms with Gasteiger partial charge < -0.3 is 5.32 Å². The number of nitrogens with one attached hydrogen (secondary N) is 2. The Morgan fingerprint density at radius 1 is 1.41 bits per heavy atom. The Kier molecular flexibility index (Phi) is 3.08. The highest BCUT2D eigenvalue weighted by molar-refractivity contribution is 9.10. The van der Waals surface area contributed by atoms with Gasteiger partial charge in [0, 0.05) is 16.1 Å². The van der Waals surface area contributed by atoms with Crippen LogP contribution in [0.5, 0.6) is 0 Å². The second kappa shape index (κ2) is 4.69. The zero-order valence-corrected chi connectivity index (χ0v) is 10.1. The van der Waals surface area contributed by atoms with Gasteiger partial charge in [0.05, 0.1) is 17.4 Å². The molecule has 2 rings (SSSR count). The lowest BCUT2D eigenvalue weighted by Crippen LogP contribution is -1.91. The van der Waals surface area contributed by atoms with Crippen LogP contribution in [0.4, 0.5) is 5.69 Å². The van der Waals surface area contributed by atoms with Gasteiger partial charge in [-0.2, -0.15) is 15.6 Å². The monoisotopic (exact) mass is 287 g/mol. The van der Waals surface area contributed by atoms with Crippen molar-refractivity contribution in [3.8, 4) is 12.1 Å². The molecule has 82 valence electrons. The van der Waals surface area contributed by atoms with Crippen LogP contribution >= 0.6 is 15.9 Å². The molecular formula is C11H6BrN5. The molecule has 1 aromatic heterocycles. The number of hydrogen-bond donors (Lipinski definition) is 2. The fraction of sp³-hybridized carbons (Fsp3) is 0. The number of H-pyrrole nitrogens is 1. The molecule has 0 saturated carbocycles. The van der Waals surface area contributed by atoms with E-state index in [0.29, 0.717) is 0 Å². The van der Waals surface area contributed by atoms with Crippen molar-refractivity contribution in [3.63, 3.8) is 0 Å². The topological polar surface area (TPSA) is 88.3 Å². The summed E-state index contributed by atoms with van der Waals surface area (Å²) >= 11 is 3.40. The molecule has 0 fully saturated rings. The number of aromatic nitrogens is 2. The number of fused-ring (bicyclic) bond motifs is 1. The van der Waals surface area contributed by atoms with Gasteiger partial charge in [0.15, 0.2) is 0 Å². The van der Waals surface area contributed by atoms with E-state index in [1.165, 1.54) is 6.20 Å². The van der Waals surface area contributed by atoms with E-state index in [1.807, 2.05) is 12.1 Å². The molecule has 0 spiro atoms. The molecule has 0 aliphatic heterocycles. The van der Waals surface area contributed by atoms with Gasteiger partial charge in [-0.25, -0.2) is 0 Å². The molecular weight excluding hydrogens is 282 g/mol. The van der Waals surface area contributed by atoms with Crippen LogP contribution in [-0.2, 0) is 0 Å². The maximum absolute atomic E-state index is 8.60. The van der Waals surface area contributed by atoms with Gasteiger partial charge in [-0.05, 0) is 28.1 Å². The molecule has 1 heterocycles. The van der Waals surface area contributed by atoms with E-state index in [2.05, 4.69) is 31.4 Å². The predicted molar refractivity (Wildman–Crippen MR) is 66.7 cm³/mol. The first-order valence-electron chi connectivity index (χ1n) is 4.64. The lowest BCUT2D eigenvalue weighted by Gasteiger charge is -2.03. The number of nitrogens with zero attached hydrogens (tertiary/aromatic N) is 3. The number of benzene rings is 1. The minimum Gasteiger partial charge on any atom is -0.359 e. The zero-order chi connectivity index (χ0) is 12.3. The SMILES string of the molecule is N#CC(C#N)=CNc1cc2[nH]ncc2cc1Br. The minimum atomic E-state index is 0.0154. The van der Waals surface area contributed by atoms with Crippen molar-refractivity contribution in [2.24, 2.45) is 0 Å². The molecule has 6 heteroatoms. The van der Waals surface area contributed by atoms with Gasteiger partial charge in [0.1, 0.15) is 17.7 Å². The average Bonchev–Trinajstić information content (AvgIpc) is 2.77. The molecule has 1 aromatic carbocycles. The van der Waals surface area contributed by atoms with Crippen molar-refractivity contribution in [1.82, 2.24) is 10.2 Å². The Morgan fingerprint density at radius 2 is 2.18 bits per heavy atom. The van der Waals surface area contributed by atoms with E-state index in [-0.39, 0.29) is 5.57 Å². The van der Waals surface area contributed by atoms with Crippen molar-refractivity contribution in [3.05, 3.63) is 34.6 Å². The Labute approximate surface area is 105 Å². The summed E-state index contributed by atoms with van der Waals surface area (Å²) in [5, 5.41) is 27.8. The van der Waals surface area contributed by atoms with Crippen LogP contribution in [0.15, 0.2) is 34.6 Å². The predicted octanol–water partition coefficient (Wildman–Crippen LogP) is 2.67. The molecule has 0 unspecified atom stereocenters. The van der Waals surface area contributed by atoms with Crippen molar-refractivity contribution < 1.29 is 0 Å². The van der Waals surface area contributed by atoms with Gasteiger partial charge in [-0.1, -0.05) is 0 Å². The Balaban J connectivity index is 2.37. The summed E-state index contributed by atoms with van der Waals surface area (Å²) < 4.78 is 0.831. The molecule has 0 aliphatic rings. The minimum absolute atomic E-state index is 0.0154. The maximum Gasteiger partial charge on any atom is 0.145 e. The number of rotatable bonds is 2. The van der Waals surface area contributed by atoms with Crippen LogP contribution in [0.1, 0.15) is 0 Å². The highest BCUT2D eigenvalue weighted by Gasteiger charge is 2.03. The fourth-order valence-corrected chi connectivity index (χ4v) is 1.79. The van der Waals surface area contributed by atoms with E-state index in [9.17, 15) is 0 Å². The van der Waals surface area contributed by atoms with Crippen molar-refractivity contribution in [2.75, 3.05) is 5.32 Å². The molecule has 2 aromatic rings. The molecule has 5 nitrogen and oxygen atoms in total. The van der Waals surface area contributed by atoms with E-state index in [4.69, 9.17) is 10.5 Å². The van der Waals surface area contributed by atoms with Gasteiger partial charge in [-0.3, -0.25) is 5.10 Å².